The molecule has 1 unspecified atom stereocenters. The predicted molar refractivity (Wildman–Crippen MR) is 91.4 cm³/mol. The van der Waals surface area contributed by atoms with Crippen LogP contribution < -0.4 is 0 Å². The second kappa shape index (κ2) is 9.37. The summed E-state index contributed by atoms with van der Waals surface area (Å²) in [5.74, 6) is 0.684. The van der Waals surface area contributed by atoms with E-state index < -0.39 is 4.83 Å². The van der Waals surface area contributed by atoms with Gasteiger partial charge in [0.15, 0.2) is 5.78 Å². The molecule has 0 saturated heterocycles. The zero-order chi connectivity index (χ0) is 15.8. The molecule has 0 aliphatic heterocycles. The molecule has 4 heteroatoms. The molecule has 0 saturated carbocycles. The molecule has 1 rings (SSSR count). The Labute approximate surface area is 140 Å². The van der Waals surface area contributed by atoms with Crippen molar-refractivity contribution >= 4 is 39.1 Å². The first-order valence-corrected chi connectivity index (χ1v) is 8.72. The van der Waals surface area contributed by atoms with Crippen molar-refractivity contribution in [2.24, 2.45) is 5.92 Å². The highest BCUT2D eigenvalue weighted by atomic mass is 79.9. The molecule has 116 valence electrons. The third-order valence-electron chi connectivity index (χ3n) is 3.81. The number of alkyl halides is 1. The molecule has 0 aliphatic carbocycles. The van der Waals surface area contributed by atoms with Gasteiger partial charge in [-0.25, -0.2) is 0 Å². The van der Waals surface area contributed by atoms with Gasteiger partial charge in [0, 0.05) is 23.4 Å². The maximum absolute atomic E-state index is 12.2. The molecule has 2 nitrogen and oxygen atoms in total. The fraction of sp³-hybridized carbons (Fsp3) is 0.529. The van der Waals surface area contributed by atoms with Gasteiger partial charge in [-0.15, -0.1) is 0 Å². The lowest BCUT2D eigenvalue weighted by atomic mass is 9.95. The molecule has 0 spiro atoms. The molecule has 0 aromatic heterocycles. The molecular formula is C17H22BrClO2. The number of rotatable bonds is 9. The first kappa shape index (κ1) is 18.4. The van der Waals surface area contributed by atoms with Crippen molar-refractivity contribution in [1.82, 2.24) is 0 Å². The molecule has 21 heavy (non-hydrogen) atoms. The van der Waals surface area contributed by atoms with Crippen LogP contribution in [0.3, 0.4) is 0 Å². The van der Waals surface area contributed by atoms with Gasteiger partial charge in [-0.05, 0) is 36.6 Å². The fourth-order valence-corrected chi connectivity index (χ4v) is 3.00. The summed E-state index contributed by atoms with van der Waals surface area (Å²) in [6.07, 6.45) is 3.93. The molecule has 0 heterocycles. The average molecular weight is 374 g/mol. The standard InChI is InChI=1S/C17H22BrClO2/c1-3-12(4-2)5-10-15(20)11-16(18)17(21)13-6-8-14(19)9-7-13/h6-9,12,16H,3-5,10-11H2,1-2H3. The van der Waals surface area contributed by atoms with E-state index in [1.165, 1.54) is 0 Å². The lowest BCUT2D eigenvalue weighted by Gasteiger charge is -2.12. The summed E-state index contributed by atoms with van der Waals surface area (Å²) in [4.78, 5) is 23.7. The van der Waals surface area contributed by atoms with E-state index >= 15 is 0 Å². The Bertz CT molecular complexity index is 466. The zero-order valence-electron chi connectivity index (χ0n) is 12.6. The van der Waals surface area contributed by atoms with Crippen molar-refractivity contribution in [1.29, 1.82) is 0 Å². The number of ketones is 2. The lowest BCUT2D eigenvalue weighted by Crippen LogP contribution is -2.18. The van der Waals surface area contributed by atoms with Gasteiger partial charge in [-0.2, -0.15) is 0 Å². The quantitative estimate of drug-likeness (QED) is 0.425. The number of Topliss-reactive ketones (excluding diaryl/α,β-unsaturated/α-hetero) is 2. The number of hydrogen-bond acceptors (Lipinski definition) is 2. The largest absolute Gasteiger partial charge is 0.300 e. The Morgan fingerprint density at radius 3 is 2.24 bits per heavy atom. The summed E-state index contributed by atoms with van der Waals surface area (Å²) < 4.78 is 0. The minimum atomic E-state index is -0.451. The average Bonchev–Trinajstić information content (AvgIpc) is 2.48. The van der Waals surface area contributed by atoms with Crippen LogP contribution in [-0.4, -0.2) is 16.4 Å². The van der Waals surface area contributed by atoms with E-state index in [2.05, 4.69) is 29.8 Å². The predicted octanol–water partition coefficient (Wildman–Crippen LogP) is 5.46. The minimum Gasteiger partial charge on any atom is -0.300 e. The van der Waals surface area contributed by atoms with Gasteiger partial charge in [0.25, 0.3) is 0 Å². The molecule has 1 aromatic carbocycles. The van der Waals surface area contributed by atoms with Crippen LogP contribution in [0.4, 0.5) is 0 Å². The van der Waals surface area contributed by atoms with Crippen LogP contribution in [0.5, 0.6) is 0 Å². The van der Waals surface area contributed by atoms with E-state index in [0.29, 0.717) is 22.9 Å². The van der Waals surface area contributed by atoms with Crippen LogP contribution in [0.2, 0.25) is 5.02 Å². The number of benzene rings is 1. The van der Waals surface area contributed by atoms with Crippen molar-refractivity contribution in [3.05, 3.63) is 34.9 Å². The first-order chi connectivity index (χ1) is 9.97. The van der Waals surface area contributed by atoms with Gasteiger partial charge in [-0.3, -0.25) is 9.59 Å². The Morgan fingerprint density at radius 2 is 1.71 bits per heavy atom. The molecule has 0 bridgehead atoms. The first-order valence-electron chi connectivity index (χ1n) is 7.43. The van der Waals surface area contributed by atoms with Crippen LogP contribution in [0.25, 0.3) is 0 Å². The van der Waals surface area contributed by atoms with Gasteiger partial charge < -0.3 is 0 Å². The van der Waals surface area contributed by atoms with Gasteiger partial charge in [-0.1, -0.05) is 54.2 Å². The van der Waals surface area contributed by atoms with Crippen LogP contribution in [0.15, 0.2) is 24.3 Å². The van der Waals surface area contributed by atoms with Crippen molar-refractivity contribution in [3.8, 4) is 0 Å². The second-order valence-corrected chi connectivity index (χ2v) is 6.84. The Kier molecular flexibility index (Phi) is 8.20. The normalized spacial score (nSPS) is 12.4. The summed E-state index contributed by atoms with van der Waals surface area (Å²) in [7, 11) is 0. The number of halogens is 2. The molecular weight excluding hydrogens is 352 g/mol. The Morgan fingerprint density at radius 1 is 1.14 bits per heavy atom. The lowest BCUT2D eigenvalue weighted by molar-refractivity contribution is -0.119. The molecule has 0 aliphatic rings. The molecule has 1 aromatic rings. The number of carbonyl (C=O) groups excluding carboxylic acids is 2. The summed E-state index contributed by atoms with van der Waals surface area (Å²) in [5, 5.41) is 0.596. The molecule has 0 fully saturated rings. The third kappa shape index (κ3) is 6.31. The highest BCUT2D eigenvalue weighted by Crippen LogP contribution is 2.20. The molecule has 0 radical (unpaired) electrons. The summed E-state index contributed by atoms with van der Waals surface area (Å²) in [6, 6.07) is 6.74. The highest BCUT2D eigenvalue weighted by Gasteiger charge is 2.20. The van der Waals surface area contributed by atoms with Crippen molar-refractivity contribution in [2.45, 2.75) is 50.8 Å². The second-order valence-electron chi connectivity index (χ2n) is 5.30. The van der Waals surface area contributed by atoms with Crippen molar-refractivity contribution < 1.29 is 9.59 Å². The topological polar surface area (TPSA) is 34.1 Å². The minimum absolute atomic E-state index is 0.0671. The maximum atomic E-state index is 12.2. The van der Waals surface area contributed by atoms with E-state index in [-0.39, 0.29) is 18.0 Å². The Hall–Kier alpha value is -0.670. The van der Waals surface area contributed by atoms with Crippen LogP contribution in [-0.2, 0) is 4.79 Å². The van der Waals surface area contributed by atoms with Crippen LogP contribution in [0, 0.1) is 5.92 Å². The summed E-state index contributed by atoms with van der Waals surface area (Å²) in [6.45, 7) is 4.30. The van der Waals surface area contributed by atoms with Gasteiger partial charge in [0.05, 0.1) is 4.83 Å². The fourth-order valence-electron chi connectivity index (χ4n) is 2.25. The van der Waals surface area contributed by atoms with E-state index in [1.54, 1.807) is 24.3 Å². The molecule has 1 atom stereocenters. The van der Waals surface area contributed by atoms with E-state index in [9.17, 15) is 9.59 Å². The number of hydrogen-bond donors (Lipinski definition) is 0. The van der Waals surface area contributed by atoms with Crippen molar-refractivity contribution in [2.75, 3.05) is 0 Å². The SMILES string of the molecule is CCC(CC)CCC(=O)CC(Br)C(=O)c1ccc(Cl)cc1. The zero-order valence-corrected chi connectivity index (χ0v) is 14.9. The Balaban J connectivity index is 2.48. The summed E-state index contributed by atoms with van der Waals surface area (Å²) in [5.41, 5.74) is 0.578. The van der Waals surface area contributed by atoms with Gasteiger partial charge >= 0.3 is 0 Å². The third-order valence-corrected chi connectivity index (χ3v) is 4.80. The van der Waals surface area contributed by atoms with E-state index in [4.69, 9.17) is 11.6 Å². The monoisotopic (exact) mass is 372 g/mol. The number of carbonyl (C=O) groups is 2. The molecule has 0 N–H and O–H groups in total. The smallest absolute Gasteiger partial charge is 0.176 e. The van der Waals surface area contributed by atoms with Gasteiger partial charge in [0.1, 0.15) is 5.78 Å². The van der Waals surface area contributed by atoms with E-state index in [1.807, 2.05) is 0 Å². The van der Waals surface area contributed by atoms with Crippen LogP contribution >= 0.6 is 27.5 Å². The molecule has 0 amide bonds. The highest BCUT2D eigenvalue weighted by molar-refractivity contribution is 9.10. The van der Waals surface area contributed by atoms with Gasteiger partial charge in [0.2, 0.25) is 0 Å². The van der Waals surface area contributed by atoms with Crippen LogP contribution in [0.1, 0.15) is 56.3 Å². The maximum Gasteiger partial charge on any atom is 0.176 e. The van der Waals surface area contributed by atoms with Crippen molar-refractivity contribution in [3.63, 3.8) is 0 Å². The summed E-state index contributed by atoms with van der Waals surface area (Å²) >= 11 is 9.14. The van der Waals surface area contributed by atoms with E-state index in [0.717, 1.165) is 19.3 Å².